The minimum absolute atomic E-state index is 0.0357. The second kappa shape index (κ2) is 5.35. The molecule has 0 heterocycles. The summed E-state index contributed by atoms with van der Waals surface area (Å²) in [5.74, 6) is -0.260. The zero-order valence-corrected chi connectivity index (χ0v) is 9.22. The topological polar surface area (TPSA) is 35.2 Å². The van der Waals surface area contributed by atoms with Crippen LogP contribution in [-0.4, -0.2) is 13.3 Å². The number of hydrogen-bond donors (Lipinski definition) is 1. The van der Waals surface area contributed by atoms with Gasteiger partial charge in [-0.2, -0.15) is 13.2 Å². The fourth-order valence-corrected chi connectivity index (χ4v) is 1.41. The van der Waals surface area contributed by atoms with Gasteiger partial charge in [-0.3, -0.25) is 0 Å². The van der Waals surface area contributed by atoms with E-state index in [1.807, 2.05) is 0 Å². The molecule has 0 spiro atoms. The van der Waals surface area contributed by atoms with Gasteiger partial charge in [0.1, 0.15) is 11.6 Å². The van der Waals surface area contributed by atoms with Crippen molar-refractivity contribution in [3.05, 3.63) is 29.6 Å². The smallest absolute Gasteiger partial charge is 0.389 e. The largest absolute Gasteiger partial charge is 0.497 e. The monoisotopic (exact) mass is 251 g/mol. The van der Waals surface area contributed by atoms with Gasteiger partial charge in [0.05, 0.1) is 7.11 Å². The van der Waals surface area contributed by atoms with Crippen molar-refractivity contribution < 1.29 is 22.3 Å². The molecule has 0 aromatic heterocycles. The highest BCUT2D eigenvalue weighted by atomic mass is 19.4. The molecule has 0 fully saturated rings. The van der Waals surface area contributed by atoms with E-state index in [1.165, 1.54) is 19.2 Å². The summed E-state index contributed by atoms with van der Waals surface area (Å²) in [6.07, 6.45) is -5.68. The van der Waals surface area contributed by atoms with E-state index in [1.54, 1.807) is 0 Å². The van der Waals surface area contributed by atoms with Crippen molar-refractivity contribution in [3.63, 3.8) is 0 Å². The van der Waals surface area contributed by atoms with Crippen molar-refractivity contribution in [1.29, 1.82) is 0 Å². The predicted molar refractivity (Wildman–Crippen MR) is 55.2 cm³/mol. The van der Waals surface area contributed by atoms with Crippen LogP contribution in [0.5, 0.6) is 5.75 Å². The Balaban J connectivity index is 2.77. The maximum Gasteiger partial charge on any atom is 0.389 e. The Hall–Kier alpha value is -1.30. The van der Waals surface area contributed by atoms with Crippen molar-refractivity contribution in [2.45, 2.75) is 25.1 Å². The third kappa shape index (κ3) is 4.22. The van der Waals surface area contributed by atoms with Crippen LogP contribution >= 0.6 is 0 Å². The van der Waals surface area contributed by atoms with Gasteiger partial charge in [-0.15, -0.1) is 0 Å². The second-order valence-corrected chi connectivity index (χ2v) is 3.65. The van der Waals surface area contributed by atoms with E-state index >= 15 is 0 Å². The summed E-state index contributed by atoms with van der Waals surface area (Å²) >= 11 is 0. The van der Waals surface area contributed by atoms with E-state index in [4.69, 9.17) is 10.5 Å². The van der Waals surface area contributed by atoms with E-state index in [-0.39, 0.29) is 12.0 Å². The van der Waals surface area contributed by atoms with Crippen LogP contribution in [-0.2, 0) is 0 Å². The lowest BCUT2D eigenvalue weighted by Gasteiger charge is -2.15. The maximum atomic E-state index is 13.4. The highest BCUT2D eigenvalue weighted by molar-refractivity contribution is 5.31. The standard InChI is InChI=1S/C11H13F4NO/c1-17-7-2-3-9(12)8(6-7)10(16)4-5-11(13,14)15/h2-3,6,10H,4-5,16H2,1H3/t10-/m1/s1. The second-order valence-electron chi connectivity index (χ2n) is 3.65. The number of hydrogen-bond acceptors (Lipinski definition) is 2. The van der Waals surface area contributed by atoms with Gasteiger partial charge in [0.15, 0.2) is 0 Å². The molecule has 0 aliphatic carbocycles. The molecule has 0 aliphatic rings. The number of benzene rings is 1. The molecule has 0 radical (unpaired) electrons. The summed E-state index contributed by atoms with van der Waals surface area (Å²) in [6.45, 7) is 0. The predicted octanol–water partition coefficient (Wildman–Crippen LogP) is 3.18. The molecule has 2 nitrogen and oxygen atoms in total. The normalized spacial score (nSPS) is 13.5. The van der Waals surface area contributed by atoms with Gasteiger partial charge >= 0.3 is 6.18 Å². The van der Waals surface area contributed by atoms with E-state index in [0.717, 1.165) is 6.07 Å². The van der Waals surface area contributed by atoms with Crippen molar-refractivity contribution in [2.75, 3.05) is 7.11 Å². The van der Waals surface area contributed by atoms with Gasteiger partial charge in [0.25, 0.3) is 0 Å². The fraction of sp³-hybridized carbons (Fsp3) is 0.455. The Labute approximate surface area is 96.4 Å². The summed E-state index contributed by atoms with van der Waals surface area (Å²) in [6, 6.07) is 2.83. The van der Waals surface area contributed by atoms with Crippen LogP contribution in [0.3, 0.4) is 0 Å². The summed E-state index contributed by atoms with van der Waals surface area (Å²) in [5.41, 5.74) is 5.57. The lowest BCUT2D eigenvalue weighted by molar-refractivity contribution is -0.136. The van der Waals surface area contributed by atoms with Crippen LogP contribution in [0, 0.1) is 5.82 Å². The van der Waals surface area contributed by atoms with Gasteiger partial charge in [-0.1, -0.05) is 0 Å². The number of methoxy groups -OCH3 is 1. The molecule has 0 bridgehead atoms. The first-order valence-electron chi connectivity index (χ1n) is 4.99. The molecule has 6 heteroatoms. The van der Waals surface area contributed by atoms with Gasteiger partial charge < -0.3 is 10.5 Å². The minimum Gasteiger partial charge on any atom is -0.497 e. The molecule has 0 saturated carbocycles. The lowest BCUT2D eigenvalue weighted by atomic mass is 10.0. The molecule has 0 amide bonds. The molecule has 0 saturated heterocycles. The molecule has 1 atom stereocenters. The molecule has 1 rings (SSSR count). The van der Waals surface area contributed by atoms with Crippen molar-refractivity contribution in [1.82, 2.24) is 0 Å². The van der Waals surface area contributed by atoms with E-state index in [2.05, 4.69) is 0 Å². The molecule has 0 unspecified atom stereocenters. The zero-order chi connectivity index (χ0) is 13.1. The Bertz CT molecular complexity index is 378. The van der Waals surface area contributed by atoms with Gasteiger partial charge in [0.2, 0.25) is 0 Å². The van der Waals surface area contributed by atoms with Gasteiger partial charge in [-0.25, -0.2) is 4.39 Å². The first-order chi connectivity index (χ1) is 7.83. The number of halogens is 4. The zero-order valence-electron chi connectivity index (χ0n) is 9.22. The SMILES string of the molecule is COc1ccc(F)c([C@H](N)CCC(F)(F)F)c1. The van der Waals surface area contributed by atoms with Crippen molar-refractivity contribution in [3.8, 4) is 5.75 Å². The molecule has 0 aliphatic heterocycles. The fourth-order valence-electron chi connectivity index (χ4n) is 1.41. The van der Waals surface area contributed by atoms with Crippen molar-refractivity contribution >= 4 is 0 Å². The van der Waals surface area contributed by atoms with Crippen LogP contribution in [0.2, 0.25) is 0 Å². The molecular weight excluding hydrogens is 238 g/mol. The number of alkyl halides is 3. The first kappa shape index (κ1) is 13.8. The minimum atomic E-state index is -4.28. The average molecular weight is 251 g/mol. The molecule has 96 valence electrons. The van der Waals surface area contributed by atoms with E-state index in [0.29, 0.717) is 5.75 Å². The highest BCUT2D eigenvalue weighted by Gasteiger charge is 2.28. The Morgan fingerprint density at radius 2 is 2.00 bits per heavy atom. The Kier molecular flexibility index (Phi) is 4.34. The van der Waals surface area contributed by atoms with Gasteiger partial charge in [0, 0.05) is 18.0 Å². The van der Waals surface area contributed by atoms with Gasteiger partial charge in [-0.05, 0) is 24.6 Å². The van der Waals surface area contributed by atoms with Crippen LogP contribution in [0.4, 0.5) is 17.6 Å². The van der Waals surface area contributed by atoms with E-state index in [9.17, 15) is 17.6 Å². The summed E-state index contributed by atoms with van der Waals surface area (Å²) < 4.78 is 54.2. The summed E-state index contributed by atoms with van der Waals surface area (Å²) in [4.78, 5) is 0. The highest BCUT2D eigenvalue weighted by Crippen LogP contribution is 2.28. The molecule has 1 aromatic carbocycles. The summed E-state index contributed by atoms with van der Waals surface area (Å²) in [7, 11) is 1.39. The Morgan fingerprint density at radius 3 is 2.53 bits per heavy atom. The third-order valence-electron chi connectivity index (χ3n) is 2.34. The molecular formula is C11H13F4NO. The number of nitrogens with two attached hydrogens (primary N) is 1. The quantitative estimate of drug-likeness (QED) is 0.834. The maximum absolute atomic E-state index is 13.4. The number of rotatable bonds is 4. The summed E-state index contributed by atoms with van der Waals surface area (Å²) in [5, 5.41) is 0. The molecule has 2 N–H and O–H groups in total. The molecule has 1 aromatic rings. The van der Waals surface area contributed by atoms with E-state index < -0.39 is 24.5 Å². The van der Waals surface area contributed by atoms with Crippen LogP contribution in [0.1, 0.15) is 24.4 Å². The van der Waals surface area contributed by atoms with Crippen LogP contribution in [0.15, 0.2) is 18.2 Å². The third-order valence-corrected chi connectivity index (χ3v) is 2.34. The molecule has 17 heavy (non-hydrogen) atoms. The average Bonchev–Trinajstić information content (AvgIpc) is 2.25. The van der Waals surface area contributed by atoms with Crippen LogP contribution in [0.25, 0.3) is 0 Å². The van der Waals surface area contributed by atoms with Crippen LogP contribution < -0.4 is 10.5 Å². The van der Waals surface area contributed by atoms with Crippen molar-refractivity contribution in [2.24, 2.45) is 5.73 Å². The Morgan fingerprint density at radius 1 is 1.35 bits per heavy atom. The lowest BCUT2D eigenvalue weighted by Crippen LogP contribution is -2.17. The number of ether oxygens (including phenoxy) is 1. The first-order valence-corrected chi connectivity index (χ1v) is 4.99.